The number of hydrogen-bond acceptors (Lipinski definition) is 7. The van der Waals surface area contributed by atoms with E-state index in [4.69, 9.17) is 11.6 Å². The van der Waals surface area contributed by atoms with Crippen molar-refractivity contribution < 1.29 is 14.5 Å². The molecule has 0 bridgehead atoms. The van der Waals surface area contributed by atoms with Crippen LogP contribution in [0.2, 0.25) is 5.02 Å². The Bertz CT molecular complexity index is 995. The maximum Gasteiger partial charge on any atom is 0.287 e. The molecule has 0 radical (unpaired) electrons. The van der Waals surface area contributed by atoms with Gasteiger partial charge in [0.25, 0.3) is 5.69 Å². The van der Waals surface area contributed by atoms with Crippen molar-refractivity contribution in [1.82, 2.24) is 9.88 Å². The summed E-state index contributed by atoms with van der Waals surface area (Å²) in [5, 5.41) is 13.6. The summed E-state index contributed by atoms with van der Waals surface area (Å²) in [6, 6.07) is 8.34. The number of nitrogens with zero attached hydrogens (tertiary/aromatic N) is 4. The van der Waals surface area contributed by atoms with E-state index in [-0.39, 0.29) is 23.9 Å². The Morgan fingerprint density at radius 2 is 2.03 bits per heavy atom. The molecule has 0 spiro atoms. The van der Waals surface area contributed by atoms with Crippen LogP contribution >= 0.6 is 23.4 Å². The number of aromatic nitrogens is 1. The molecular formula is C19H18ClN5O4S. The molecule has 1 unspecified atom stereocenters. The van der Waals surface area contributed by atoms with Gasteiger partial charge < -0.3 is 15.1 Å². The molecule has 1 saturated heterocycles. The molecule has 11 heteroatoms. The number of nitrogens with one attached hydrogen (secondary N) is 1. The predicted molar refractivity (Wildman–Crippen MR) is 114 cm³/mol. The Morgan fingerprint density at radius 1 is 1.27 bits per heavy atom. The smallest absolute Gasteiger partial charge is 0.287 e. The average Bonchev–Trinajstić information content (AvgIpc) is 2.74. The molecule has 156 valence electrons. The lowest BCUT2D eigenvalue weighted by Crippen LogP contribution is -2.50. The second-order valence-corrected chi connectivity index (χ2v) is 8.62. The van der Waals surface area contributed by atoms with Gasteiger partial charge in [-0.2, -0.15) is 0 Å². The first-order chi connectivity index (χ1) is 14.4. The number of amides is 2. The first-order valence-corrected chi connectivity index (χ1v) is 10.6. The van der Waals surface area contributed by atoms with Crippen LogP contribution in [-0.2, 0) is 9.59 Å². The SMILES string of the molecule is O=C1Nc2cc(Cl)ccc2SC1CC(=O)N1CCN(c2ccc([N+](=O)[O-])cn2)CC1. The van der Waals surface area contributed by atoms with Gasteiger partial charge in [0.15, 0.2) is 0 Å². The van der Waals surface area contributed by atoms with Crippen LogP contribution in [0.1, 0.15) is 6.42 Å². The molecule has 2 aliphatic heterocycles. The highest BCUT2D eigenvalue weighted by atomic mass is 35.5. The Morgan fingerprint density at radius 3 is 2.70 bits per heavy atom. The van der Waals surface area contributed by atoms with Gasteiger partial charge in [-0.1, -0.05) is 11.6 Å². The molecule has 1 fully saturated rings. The number of carbonyl (C=O) groups is 2. The molecule has 1 N–H and O–H groups in total. The van der Waals surface area contributed by atoms with Gasteiger partial charge >= 0.3 is 0 Å². The predicted octanol–water partition coefficient (Wildman–Crippen LogP) is 2.79. The average molecular weight is 448 g/mol. The van der Waals surface area contributed by atoms with E-state index >= 15 is 0 Å². The molecular weight excluding hydrogens is 430 g/mol. The highest BCUT2D eigenvalue weighted by Gasteiger charge is 2.31. The van der Waals surface area contributed by atoms with Crippen molar-refractivity contribution in [1.29, 1.82) is 0 Å². The fourth-order valence-electron chi connectivity index (χ4n) is 3.40. The molecule has 0 saturated carbocycles. The fraction of sp³-hybridized carbons (Fsp3) is 0.316. The Kier molecular flexibility index (Phi) is 5.78. The number of benzene rings is 1. The van der Waals surface area contributed by atoms with Gasteiger partial charge in [0.2, 0.25) is 11.8 Å². The van der Waals surface area contributed by atoms with Gasteiger partial charge in [0.05, 0.1) is 15.9 Å². The van der Waals surface area contributed by atoms with Crippen LogP contribution < -0.4 is 10.2 Å². The van der Waals surface area contributed by atoms with Crippen molar-refractivity contribution in [3.05, 3.63) is 51.7 Å². The normalized spacial score (nSPS) is 18.6. The van der Waals surface area contributed by atoms with E-state index in [9.17, 15) is 19.7 Å². The van der Waals surface area contributed by atoms with E-state index in [1.807, 2.05) is 11.0 Å². The molecule has 1 aromatic heterocycles. The highest BCUT2D eigenvalue weighted by molar-refractivity contribution is 8.01. The van der Waals surface area contributed by atoms with E-state index in [2.05, 4.69) is 10.3 Å². The van der Waals surface area contributed by atoms with Crippen molar-refractivity contribution in [3.63, 3.8) is 0 Å². The zero-order chi connectivity index (χ0) is 21.3. The topological polar surface area (TPSA) is 109 Å². The number of hydrogen-bond donors (Lipinski definition) is 1. The Balaban J connectivity index is 1.33. The molecule has 30 heavy (non-hydrogen) atoms. The lowest BCUT2D eigenvalue weighted by Gasteiger charge is -2.36. The van der Waals surface area contributed by atoms with E-state index in [1.165, 1.54) is 24.0 Å². The maximum atomic E-state index is 12.7. The van der Waals surface area contributed by atoms with Gasteiger partial charge in [0, 0.05) is 48.6 Å². The van der Waals surface area contributed by atoms with Crippen LogP contribution in [0.5, 0.6) is 0 Å². The first kappa shape index (κ1) is 20.4. The quantitative estimate of drug-likeness (QED) is 0.567. The van der Waals surface area contributed by atoms with Crippen molar-refractivity contribution in [3.8, 4) is 0 Å². The molecule has 2 aliphatic rings. The molecule has 1 atom stereocenters. The molecule has 0 aliphatic carbocycles. The number of anilines is 2. The summed E-state index contributed by atoms with van der Waals surface area (Å²) < 4.78 is 0. The number of fused-ring (bicyclic) bond motifs is 1. The zero-order valence-corrected chi connectivity index (χ0v) is 17.4. The number of piperazine rings is 1. The monoisotopic (exact) mass is 447 g/mol. The van der Waals surface area contributed by atoms with Crippen LogP contribution in [0.15, 0.2) is 41.4 Å². The van der Waals surface area contributed by atoms with Crippen molar-refractivity contribution in [2.45, 2.75) is 16.6 Å². The third kappa shape index (κ3) is 4.34. The molecule has 1 aromatic carbocycles. The second-order valence-electron chi connectivity index (χ2n) is 6.94. The number of halogens is 1. The summed E-state index contributed by atoms with van der Waals surface area (Å²) in [5.74, 6) is 0.374. The van der Waals surface area contributed by atoms with Crippen molar-refractivity contribution >= 4 is 52.4 Å². The summed E-state index contributed by atoms with van der Waals surface area (Å²) in [7, 11) is 0. The number of nitro groups is 1. The van der Waals surface area contributed by atoms with Crippen molar-refractivity contribution in [2.24, 2.45) is 0 Å². The summed E-state index contributed by atoms with van der Waals surface area (Å²) in [4.78, 5) is 44.2. The third-order valence-electron chi connectivity index (χ3n) is 5.02. The van der Waals surface area contributed by atoms with Gasteiger partial charge in [-0.25, -0.2) is 4.98 Å². The van der Waals surface area contributed by atoms with Crippen LogP contribution in [0.4, 0.5) is 17.2 Å². The number of rotatable bonds is 4. The summed E-state index contributed by atoms with van der Waals surface area (Å²) in [5.41, 5.74) is 0.616. The first-order valence-electron chi connectivity index (χ1n) is 9.31. The highest BCUT2D eigenvalue weighted by Crippen LogP contribution is 2.38. The third-order valence-corrected chi connectivity index (χ3v) is 6.53. The second kappa shape index (κ2) is 8.49. The number of carbonyl (C=O) groups excluding carboxylic acids is 2. The Labute approximate surface area is 181 Å². The van der Waals surface area contributed by atoms with Crippen LogP contribution in [-0.4, -0.2) is 58.1 Å². The number of pyridine rings is 1. The maximum absolute atomic E-state index is 12.7. The van der Waals surface area contributed by atoms with Gasteiger partial charge in [-0.3, -0.25) is 19.7 Å². The summed E-state index contributed by atoms with van der Waals surface area (Å²) in [6.07, 6.45) is 1.35. The zero-order valence-electron chi connectivity index (χ0n) is 15.8. The van der Waals surface area contributed by atoms with E-state index < -0.39 is 10.2 Å². The molecule has 2 aromatic rings. The lowest BCUT2D eigenvalue weighted by molar-refractivity contribution is -0.385. The van der Waals surface area contributed by atoms with Gasteiger partial charge in [0.1, 0.15) is 12.0 Å². The van der Waals surface area contributed by atoms with Crippen LogP contribution in [0, 0.1) is 10.1 Å². The number of thioether (sulfide) groups is 1. The minimum atomic E-state index is -0.486. The Hall–Kier alpha value is -2.85. The summed E-state index contributed by atoms with van der Waals surface area (Å²) in [6.45, 7) is 2.15. The largest absolute Gasteiger partial charge is 0.353 e. The van der Waals surface area contributed by atoms with Gasteiger partial charge in [-0.05, 0) is 24.3 Å². The van der Waals surface area contributed by atoms with E-state index in [1.54, 1.807) is 23.1 Å². The van der Waals surface area contributed by atoms with Gasteiger partial charge in [-0.15, -0.1) is 11.8 Å². The minimum absolute atomic E-state index is 0.0559. The molecule has 2 amide bonds. The fourth-order valence-corrected chi connectivity index (χ4v) is 4.66. The van der Waals surface area contributed by atoms with Crippen molar-refractivity contribution in [2.75, 3.05) is 36.4 Å². The molecule has 3 heterocycles. The van der Waals surface area contributed by atoms with Crippen LogP contribution in [0.3, 0.4) is 0 Å². The minimum Gasteiger partial charge on any atom is -0.353 e. The van der Waals surface area contributed by atoms with E-state index in [0.29, 0.717) is 42.7 Å². The van der Waals surface area contributed by atoms with E-state index in [0.717, 1.165) is 4.90 Å². The standard InChI is InChI=1S/C19H18ClN5O4S/c20-12-1-3-15-14(9-12)22-19(27)16(30-15)10-18(26)24-7-5-23(6-8-24)17-4-2-13(11-21-17)25(28)29/h1-4,9,11,16H,5-8,10H2,(H,22,27). The lowest BCUT2D eigenvalue weighted by atomic mass is 10.2. The molecule has 9 nitrogen and oxygen atoms in total. The van der Waals surface area contributed by atoms with Crippen LogP contribution in [0.25, 0.3) is 0 Å². The molecule has 4 rings (SSSR count). The summed E-state index contributed by atoms with van der Waals surface area (Å²) >= 11 is 7.34.